The van der Waals surface area contributed by atoms with Gasteiger partial charge in [-0.15, -0.1) is 0 Å². The van der Waals surface area contributed by atoms with Gasteiger partial charge >= 0.3 is 0 Å². The van der Waals surface area contributed by atoms with E-state index in [2.05, 4.69) is 0 Å². The van der Waals surface area contributed by atoms with Gasteiger partial charge in [-0.3, -0.25) is 0 Å². The summed E-state index contributed by atoms with van der Waals surface area (Å²) < 4.78 is 26.3. The molecule has 0 aliphatic rings. The minimum atomic E-state index is -0.573. The van der Waals surface area contributed by atoms with Gasteiger partial charge in [0.05, 0.1) is 6.10 Å². The van der Waals surface area contributed by atoms with Crippen LogP contribution in [0.5, 0.6) is 0 Å². The van der Waals surface area contributed by atoms with Gasteiger partial charge in [0, 0.05) is 6.07 Å². The molecule has 1 nitrogen and oxygen atoms in total. The summed E-state index contributed by atoms with van der Waals surface area (Å²) in [4.78, 5) is 0. The van der Waals surface area contributed by atoms with Gasteiger partial charge in [-0.05, 0) is 48.4 Å². The summed E-state index contributed by atoms with van der Waals surface area (Å²) in [7, 11) is 0. The first-order chi connectivity index (χ1) is 10.0. The number of hydrogen-bond acceptors (Lipinski definition) is 1. The van der Waals surface area contributed by atoms with E-state index in [1.165, 1.54) is 17.7 Å². The summed E-state index contributed by atoms with van der Waals surface area (Å²) in [6.45, 7) is 1.90. The summed E-state index contributed by atoms with van der Waals surface area (Å²) in [5, 5.41) is 10.2. The van der Waals surface area contributed by atoms with Crippen LogP contribution < -0.4 is 0 Å². The normalized spacial score (nSPS) is 13.9. The van der Waals surface area contributed by atoms with E-state index in [1.807, 2.05) is 37.3 Å². The lowest BCUT2D eigenvalue weighted by atomic mass is 9.92. The van der Waals surface area contributed by atoms with Gasteiger partial charge in [0.25, 0.3) is 0 Å². The van der Waals surface area contributed by atoms with Crippen molar-refractivity contribution in [3.05, 3.63) is 71.3 Å². The highest BCUT2D eigenvalue weighted by Crippen LogP contribution is 2.18. The number of halogens is 2. The van der Waals surface area contributed by atoms with Gasteiger partial charge in [0.15, 0.2) is 0 Å². The number of hydrogen-bond donors (Lipinski definition) is 1. The SMILES string of the molecule is C[C@@H](Cc1cc(F)cc(F)c1)C(O)CCc1ccccc1. The average Bonchev–Trinajstić information content (AvgIpc) is 2.44. The van der Waals surface area contributed by atoms with Crippen LogP contribution in [0.1, 0.15) is 24.5 Å². The Kier molecular flexibility index (Phi) is 5.45. The van der Waals surface area contributed by atoms with Gasteiger partial charge in [-0.2, -0.15) is 0 Å². The Morgan fingerprint density at radius 2 is 1.57 bits per heavy atom. The van der Waals surface area contributed by atoms with Crippen LogP contribution in [-0.2, 0) is 12.8 Å². The second-order valence-electron chi connectivity index (χ2n) is 5.55. The number of aryl methyl sites for hydroxylation is 1. The topological polar surface area (TPSA) is 20.2 Å². The Labute approximate surface area is 124 Å². The quantitative estimate of drug-likeness (QED) is 0.848. The molecule has 2 aromatic rings. The van der Waals surface area contributed by atoms with Crippen molar-refractivity contribution in [2.75, 3.05) is 0 Å². The summed E-state index contributed by atoms with van der Waals surface area (Å²) in [5.41, 5.74) is 1.76. The molecule has 0 saturated heterocycles. The van der Waals surface area contributed by atoms with Crippen molar-refractivity contribution < 1.29 is 13.9 Å². The maximum atomic E-state index is 13.1. The Morgan fingerprint density at radius 3 is 2.19 bits per heavy atom. The van der Waals surface area contributed by atoms with E-state index in [4.69, 9.17) is 0 Å². The van der Waals surface area contributed by atoms with Crippen molar-refractivity contribution in [1.82, 2.24) is 0 Å². The maximum Gasteiger partial charge on any atom is 0.126 e. The van der Waals surface area contributed by atoms with E-state index in [0.717, 1.165) is 12.5 Å². The van der Waals surface area contributed by atoms with Gasteiger partial charge < -0.3 is 5.11 Å². The number of aliphatic hydroxyl groups is 1. The van der Waals surface area contributed by atoms with Crippen LogP contribution in [0.4, 0.5) is 8.78 Å². The second kappa shape index (κ2) is 7.32. The smallest absolute Gasteiger partial charge is 0.126 e. The van der Waals surface area contributed by atoms with Crippen molar-refractivity contribution in [3.63, 3.8) is 0 Å². The molecule has 1 N–H and O–H groups in total. The van der Waals surface area contributed by atoms with Crippen LogP contribution in [0.25, 0.3) is 0 Å². The molecule has 0 fully saturated rings. The zero-order chi connectivity index (χ0) is 15.2. The summed E-state index contributed by atoms with van der Waals surface area (Å²) in [6, 6.07) is 13.5. The molecule has 0 heterocycles. The van der Waals surface area contributed by atoms with Crippen molar-refractivity contribution in [2.45, 2.75) is 32.3 Å². The van der Waals surface area contributed by atoms with Crippen LogP contribution in [0.3, 0.4) is 0 Å². The standard InChI is InChI=1S/C18H20F2O/c1-13(9-15-10-16(19)12-17(20)11-15)18(21)8-7-14-5-3-2-4-6-14/h2-6,10-13,18,21H,7-9H2,1H3/t13-,18?/m0/s1. The van der Waals surface area contributed by atoms with E-state index in [0.29, 0.717) is 18.4 Å². The molecular weight excluding hydrogens is 270 g/mol. The van der Waals surface area contributed by atoms with Crippen LogP contribution in [0, 0.1) is 17.6 Å². The van der Waals surface area contributed by atoms with Crippen LogP contribution in [0.2, 0.25) is 0 Å². The third-order valence-corrected chi connectivity index (χ3v) is 3.71. The molecule has 2 aromatic carbocycles. The predicted molar refractivity (Wildman–Crippen MR) is 80.0 cm³/mol. The Balaban J connectivity index is 1.88. The molecule has 2 rings (SSSR count). The van der Waals surface area contributed by atoms with E-state index < -0.39 is 17.7 Å². The first-order valence-corrected chi connectivity index (χ1v) is 7.21. The lowest BCUT2D eigenvalue weighted by molar-refractivity contribution is 0.108. The van der Waals surface area contributed by atoms with Crippen molar-refractivity contribution in [3.8, 4) is 0 Å². The lowest BCUT2D eigenvalue weighted by Gasteiger charge is -2.19. The molecule has 0 aromatic heterocycles. The van der Waals surface area contributed by atoms with Gasteiger partial charge in [-0.25, -0.2) is 8.78 Å². The van der Waals surface area contributed by atoms with E-state index >= 15 is 0 Å². The average molecular weight is 290 g/mol. The lowest BCUT2D eigenvalue weighted by Crippen LogP contribution is -2.20. The fraction of sp³-hybridized carbons (Fsp3) is 0.333. The molecule has 3 heteroatoms. The van der Waals surface area contributed by atoms with Crippen LogP contribution in [0.15, 0.2) is 48.5 Å². The summed E-state index contributed by atoms with van der Waals surface area (Å²) in [6.07, 6.45) is 1.41. The monoisotopic (exact) mass is 290 g/mol. The van der Waals surface area contributed by atoms with E-state index in [1.54, 1.807) is 0 Å². The van der Waals surface area contributed by atoms with Crippen molar-refractivity contribution in [1.29, 1.82) is 0 Å². The van der Waals surface area contributed by atoms with Crippen molar-refractivity contribution >= 4 is 0 Å². The van der Waals surface area contributed by atoms with Crippen LogP contribution in [-0.4, -0.2) is 11.2 Å². The highest BCUT2D eigenvalue weighted by Gasteiger charge is 2.15. The second-order valence-corrected chi connectivity index (χ2v) is 5.55. The predicted octanol–water partition coefficient (Wildman–Crippen LogP) is 4.14. The van der Waals surface area contributed by atoms with Crippen LogP contribution >= 0.6 is 0 Å². The molecule has 0 saturated carbocycles. The Morgan fingerprint density at radius 1 is 0.952 bits per heavy atom. The molecule has 0 aliphatic carbocycles. The third-order valence-electron chi connectivity index (χ3n) is 3.71. The Hall–Kier alpha value is -1.74. The largest absolute Gasteiger partial charge is 0.393 e. The summed E-state index contributed by atoms with van der Waals surface area (Å²) >= 11 is 0. The fourth-order valence-corrected chi connectivity index (χ4v) is 2.48. The molecular formula is C18H20F2O. The molecule has 21 heavy (non-hydrogen) atoms. The molecule has 0 aliphatic heterocycles. The fourth-order valence-electron chi connectivity index (χ4n) is 2.48. The minimum absolute atomic E-state index is 0.0464. The number of aliphatic hydroxyl groups excluding tert-OH is 1. The number of rotatable bonds is 6. The van der Waals surface area contributed by atoms with Gasteiger partial charge in [0.2, 0.25) is 0 Å². The zero-order valence-corrected chi connectivity index (χ0v) is 12.1. The first-order valence-electron chi connectivity index (χ1n) is 7.21. The van der Waals surface area contributed by atoms with E-state index in [9.17, 15) is 13.9 Å². The summed E-state index contributed by atoms with van der Waals surface area (Å²) in [5.74, 6) is -1.19. The van der Waals surface area contributed by atoms with Gasteiger partial charge in [0.1, 0.15) is 11.6 Å². The zero-order valence-electron chi connectivity index (χ0n) is 12.1. The molecule has 1 unspecified atom stereocenters. The molecule has 0 radical (unpaired) electrons. The molecule has 0 spiro atoms. The maximum absolute atomic E-state index is 13.1. The van der Waals surface area contributed by atoms with Gasteiger partial charge in [-0.1, -0.05) is 37.3 Å². The molecule has 112 valence electrons. The Bertz CT molecular complexity index is 548. The van der Waals surface area contributed by atoms with Crippen molar-refractivity contribution in [2.24, 2.45) is 5.92 Å². The molecule has 2 atom stereocenters. The molecule has 0 amide bonds. The first kappa shape index (κ1) is 15.6. The highest BCUT2D eigenvalue weighted by atomic mass is 19.1. The number of benzene rings is 2. The third kappa shape index (κ3) is 4.94. The molecule has 0 bridgehead atoms. The highest BCUT2D eigenvalue weighted by molar-refractivity contribution is 5.19. The minimum Gasteiger partial charge on any atom is -0.393 e. The van der Waals surface area contributed by atoms with E-state index in [-0.39, 0.29) is 5.92 Å².